The predicted molar refractivity (Wildman–Crippen MR) is 419 cm³/mol. The fourth-order valence-electron chi connectivity index (χ4n) is 19.4. The minimum atomic E-state index is -4.57. The van der Waals surface area contributed by atoms with Crippen molar-refractivity contribution >= 4 is 26.2 Å². The standard InChI is InChI=1S/C85H134N2O26S2/c1-20-57-55(72(107-79-47(14)41(8)44(11)50(17)98-79)65(86-114(93,94)53-32-28-26-29-33-53)83(103-57)111-77-68(89)60(23-4)105-84(70(77)91)106-71-40(7)36-37-97-61(71)24-5)38-63-69(90)76(67(88)59(22-3)101-63)110-82-66(87-115(95,96)54-34-30-27-31-35-54)73(108-80-48(15)42(9)45(12)51(18)99-80)56(58(21-2)104-82)39-64-75(78-74(62(25-6)102-64)112-85(92)113-78)109-81-49(16)43(10)46(13)52(19)100-81/h26-37,40-52,55-84,86-91H,20-25,38-39H2,1-19H3/t40?,41?,42?,43?,44-,45-,46?,47?,48?,49?,50?,51?,52+,55-,56-,57?,58?,59?,60?,61?,62?,63-,64-,65?,66?,67-,68-,69?,70?,71+,72?,73?,74-,75?,76?,77?,78?,79?,80?,81-,82-,83-,84-/m0/s1. The fraction of sp³-hybridized carbons (Fsp3) is 0.824. The SMILES string of the molecule is CCC1O[C@@H](O[C@@H]2C(C)C=COC2CC)C(O)C(O[C@@H]2OC(CC)[C@H](C[C@@H]3OC(CC)[C@H](O)C(O[C@@H]4OC(CC)[C@H](C[C@@H]5OC(CC)[C@@H]6OC(=O)OC6C5O[C@@H]5O[C@H](C)C(C)C(C)C5C)C(OC5OC(C)[C@@H](C)C(C)C5C)C4NS(=O)(=O)c4ccccc4)C3O)C(OC3OC(C)[C@@H](C)C(C)C3C)C2NS(=O)(=O)c2ccccc2)[C@H]1O. The van der Waals surface area contributed by atoms with E-state index in [0.29, 0.717) is 12.8 Å². The van der Waals surface area contributed by atoms with Crippen LogP contribution in [0.2, 0.25) is 0 Å². The Labute approximate surface area is 681 Å². The monoisotopic (exact) mass is 1660 g/mol. The Morgan fingerprint density at radius 1 is 0.348 bits per heavy atom. The molecule has 0 saturated carbocycles. The molecule has 0 amide bonds. The second-order valence-electron chi connectivity index (χ2n) is 34.9. The van der Waals surface area contributed by atoms with Crippen LogP contribution >= 0.6 is 0 Å². The summed E-state index contributed by atoms with van der Waals surface area (Å²) in [4.78, 5) is 13.2. The Kier molecular flexibility index (Phi) is 30.3. The van der Waals surface area contributed by atoms with Gasteiger partial charge in [0.15, 0.2) is 49.9 Å². The molecule has 9 fully saturated rings. The third-order valence-corrected chi connectivity index (χ3v) is 31.2. The van der Waals surface area contributed by atoms with Crippen molar-refractivity contribution in [2.45, 2.75) is 383 Å². The van der Waals surface area contributed by atoms with Crippen molar-refractivity contribution in [1.82, 2.24) is 9.44 Å². The minimum absolute atomic E-state index is 0.0212. The molecule has 10 heterocycles. The molecule has 6 N–H and O–H groups in total. The first-order valence-corrected chi connectivity index (χ1v) is 45.9. The van der Waals surface area contributed by atoms with E-state index >= 15 is 16.8 Å². The third kappa shape index (κ3) is 19.1. The van der Waals surface area contributed by atoms with Gasteiger partial charge < -0.3 is 101 Å². The number of rotatable bonds is 28. The summed E-state index contributed by atoms with van der Waals surface area (Å²) in [6.07, 6.45) is -26.4. The third-order valence-electron chi connectivity index (χ3n) is 28.2. The zero-order valence-electron chi connectivity index (χ0n) is 70.5. The van der Waals surface area contributed by atoms with Gasteiger partial charge in [-0.15, -0.1) is 0 Å². The van der Waals surface area contributed by atoms with E-state index in [0.717, 1.165) is 0 Å². The van der Waals surface area contributed by atoms with Crippen LogP contribution in [0.1, 0.15) is 183 Å². The molecule has 2 aromatic carbocycles. The molecule has 12 rings (SSSR count). The Balaban J connectivity index is 0.935. The van der Waals surface area contributed by atoms with Crippen LogP contribution in [0.3, 0.4) is 0 Å². The van der Waals surface area contributed by atoms with Gasteiger partial charge in [-0.1, -0.05) is 147 Å². The van der Waals surface area contributed by atoms with Crippen LogP contribution in [0.25, 0.3) is 0 Å². The number of aliphatic hydroxyl groups excluding tert-OH is 4. The Hall–Kier alpha value is -3.65. The topological polar surface area (TPSA) is 347 Å². The summed E-state index contributed by atoms with van der Waals surface area (Å²) in [5, 5.41) is 51.5. The fourth-order valence-corrected chi connectivity index (χ4v) is 21.9. The van der Waals surface area contributed by atoms with Crippen LogP contribution in [0, 0.1) is 71.0 Å². The van der Waals surface area contributed by atoms with Crippen LogP contribution in [-0.2, 0) is 101 Å². The zero-order valence-corrected chi connectivity index (χ0v) is 72.1. The van der Waals surface area contributed by atoms with Gasteiger partial charge in [-0.3, -0.25) is 0 Å². The average Bonchev–Trinajstić information content (AvgIpc) is 1.74. The molecular weight excluding hydrogens is 1530 g/mol. The second-order valence-corrected chi connectivity index (χ2v) is 38.4. The molecule has 28 nitrogen and oxygen atoms in total. The van der Waals surface area contributed by atoms with Crippen LogP contribution in [0.15, 0.2) is 82.8 Å². The average molecular weight is 1660 g/mol. The summed E-state index contributed by atoms with van der Waals surface area (Å²) in [7, 11) is -9.14. The molecule has 0 spiro atoms. The molecule has 0 aliphatic carbocycles. The molecule has 652 valence electrons. The van der Waals surface area contributed by atoms with E-state index in [9.17, 15) is 25.2 Å². The van der Waals surface area contributed by atoms with E-state index < -0.39 is 210 Å². The van der Waals surface area contributed by atoms with Crippen LogP contribution in [0.5, 0.6) is 0 Å². The molecule has 2 aromatic rings. The molecule has 0 radical (unpaired) electrons. The molecule has 0 bridgehead atoms. The number of benzene rings is 2. The number of sulfonamides is 2. The lowest BCUT2D eigenvalue weighted by Crippen LogP contribution is -2.69. The summed E-state index contributed by atoms with van der Waals surface area (Å²) in [5.74, 6) is -2.00. The summed E-state index contributed by atoms with van der Waals surface area (Å²) < 4.78 is 184. The zero-order chi connectivity index (χ0) is 83.1. The van der Waals surface area contributed by atoms with Crippen LogP contribution < -0.4 is 9.44 Å². The van der Waals surface area contributed by atoms with Gasteiger partial charge in [0.2, 0.25) is 20.0 Å². The highest BCUT2D eigenvalue weighted by Crippen LogP contribution is 2.49. The minimum Gasteiger partial charge on any atom is -0.496 e. The maximum atomic E-state index is 15.5. The lowest BCUT2D eigenvalue weighted by Gasteiger charge is -2.54. The van der Waals surface area contributed by atoms with E-state index in [1.165, 1.54) is 24.3 Å². The Bertz CT molecular complexity index is 3690. The molecule has 43 atom stereocenters. The summed E-state index contributed by atoms with van der Waals surface area (Å²) in [5.41, 5.74) is 0. The molecule has 0 aromatic heterocycles. The van der Waals surface area contributed by atoms with Crippen molar-refractivity contribution in [2.24, 2.45) is 71.0 Å². The van der Waals surface area contributed by atoms with Crippen molar-refractivity contribution in [1.29, 1.82) is 0 Å². The first-order chi connectivity index (χ1) is 54.7. The van der Waals surface area contributed by atoms with Crippen molar-refractivity contribution in [3.05, 3.63) is 73.0 Å². The van der Waals surface area contributed by atoms with E-state index in [2.05, 4.69) is 57.9 Å². The maximum absolute atomic E-state index is 15.5. The van der Waals surface area contributed by atoms with E-state index in [-0.39, 0.29) is 126 Å². The number of aliphatic hydroxyl groups is 4. The van der Waals surface area contributed by atoms with Gasteiger partial charge in [-0.25, -0.2) is 31.1 Å². The largest absolute Gasteiger partial charge is 0.509 e. The van der Waals surface area contributed by atoms with Gasteiger partial charge in [0.05, 0.1) is 101 Å². The molecule has 9 saturated heterocycles. The predicted octanol–water partition coefficient (Wildman–Crippen LogP) is 10.0. The number of carbonyl (C=O) groups is 1. The van der Waals surface area contributed by atoms with Crippen LogP contribution in [-0.4, -0.2) is 234 Å². The first kappa shape index (κ1) is 90.6. The molecule has 115 heavy (non-hydrogen) atoms. The van der Waals surface area contributed by atoms with Gasteiger partial charge in [-0.05, 0) is 138 Å². The van der Waals surface area contributed by atoms with Gasteiger partial charge in [0.25, 0.3) is 0 Å². The second kappa shape index (κ2) is 38.4. The van der Waals surface area contributed by atoms with Gasteiger partial charge in [0.1, 0.15) is 54.9 Å². The number of hydrogen-bond donors (Lipinski definition) is 6. The quantitative estimate of drug-likeness (QED) is 0.0431. The Morgan fingerprint density at radius 2 is 0.704 bits per heavy atom. The number of hydrogen-bond acceptors (Lipinski definition) is 26. The molecule has 10 aliphatic rings. The van der Waals surface area contributed by atoms with Crippen molar-refractivity contribution in [2.75, 3.05) is 0 Å². The highest BCUT2D eigenvalue weighted by atomic mass is 32.2. The van der Waals surface area contributed by atoms with Crippen molar-refractivity contribution < 1.29 is 123 Å². The molecule has 28 unspecified atom stereocenters. The normalized spacial score (nSPS) is 47.3. The lowest BCUT2D eigenvalue weighted by atomic mass is 9.77. The lowest BCUT2D eigenvalue weighted by molar-refractivity contribution is -0.361. The van der Waals surface area contributed by atoms with Gasteiger partial charge in [0, 0.05) is 35.5 Å². The molecule has 30 heteroatoms. The number of ether oxygens (including phenoxy) is 17. The van der Waals surface area contributed by atoms with E-state index in [1.54, 1.807) is 42.7 Å². The van der Waals surface area contributed by atoms with Crippen molar-refractivity contribution in [3.63, 3.8) is 0 Å². The highest BCUT2D eigenvalue weighted by Gasteiger charge is 2.62. The number of nitrogens with one attached hydrogen (secondary N) is 2. The summed E-state index contributed by atoms with van der Waals surface area (Å²) in [6.45, 7) is 38.2. The van der Waals surface area contributed by atoms with Gasteiger partial charge >= 0.3 is 6.16 Å². The highest BCUT2D eigenvalue weighted by molar-refractivity contribution is 7.89. The Morgan fingerprint density at radius 3 is 1.14 bits per heavy atom. The van der Waals surface area contributed by atoms with Crippen LogP contribution in [0.4, 0.5) is 4.79 Å². The smallest absolute Gasteiger partial charge is 0.496 e. The maximum Gasteiger partial charge on any atom is 0.509 e. The first-order valence-electron chi connectivity index (χ1n) is 42.9. The van der Waals surface area contributed by atoms with Crippen molar-refractivity contribution in [3.8, 4) is 0 Å². The summed E-state index contributed by atoms with van der Waals surface area (Å²) >= 11 is 0. The summed E-state index contributed by atoms with van der Waals surface area (Å²) in [6, 6.07) is 12.6. The molecule has 10 aliphatic heterocycles. The molecular formula is C85H134N2O26S2. The number of carbonyl (C=O) groups excluding carboxylic acids is 1. The number of fused-ring (bicyclic) bond motifs is 1. The van der Waals surface area contributed by atoms with E-state index in [1.807, 2.05) is 89.2 Å². The van der Waals surface area contributed by atoms with E-state index in [4.69, 9.17) is 80.5 Å². The van der Waals surface area contributed by atoms with Gasteiger partial charge in [-0.2, -0.15) is 0 Å².